The van der Waals surface area contributed by atoms with E-state index >= 15 is 0 Å². The number of nitrogens with zero attached hydrogens (tertiary/aromatic N) is 1. The van der Waals surface area contributed by atoms with Gasteiger partial charge in [0.25, 0.3) is 5.91 Å². The van der Waals surface area contributed by atoms with Crippen molar-refractivity contribution in [2.24, 2.45) is 0 Å². The fourth-order valence-electron chi connectivity index (χ4n) is 2.66. The van der Waals surface area contributed by atoms with E-state index in [0.29, 0.717) is 22.6 Å². The van der Waals surface area contributed by atoms with E-state index in [1.807, 2.05) is 12.1 Å². The molecule has 29 heavy (non-hydrogen) atoms. The van der Waals surface area contributed by atoms with Gasteiger partial charge in [-0.25, -0.2) is 4.98 Å². The number of pyridine rings is 1. The normalized spacial score (nSPS) is 10.1. The topological polar surface area (TPSA) is 100 Å². The molecule has 3 N–H and O–H groups in total. The number of benzene rings is 2. The summed E-state index contributed by atoms with van der Waals surface area (Å²) in [6.45, 7) is 2.92. The molecule has 3 rings (SSSR count). The van der Waals surface area contributed by atoms with E-state index in [2.05, 4.69) is 20.9 Å². The maximum atomic E-state index is 12.4. The van der Waals surface area contributed by atoms with E-state index in [4.69, 9.17) is 0 Å². The molecule has 2 amide bonds. The van der Waals surface area contributed by atoms with Crippen LogP contribution in [-0.4, -0.2) is 22.6 Å². The highest BCUT2D eigenvalue weighted by atomic mass is 16.2. The zero-order valence-corrected chi connectivity index (χ0v) is 16.0. The zero-order chi connectivity index (χ0) is 20.8. The first kappa shape index (κ1) is 19.8. The van der Waals surface area contributed by atoms with Crippen LogP contribution in [0.1, 0.15) is 34.7 Å². The van der Waals surface area contributed by atoms with Crippen molar-refractivity contribution < 1.29 is 14.4 Å². The second kappa shape index (κ2) is 8.79. The smallest absolute Gasteiger partial charge is 0.274 e. The molecule has 0 radical (unpaired) electrons. The number of Topliss-reactive ketones (excluding diaryl/α,β-unsaturated/α-hetero) is 1. The molecule has 1 aromatic heterocycles. The van der Waals surface area contributed by atoms with Gasteiger partial charge in [0, 0.05) is 29.5 Å². The Morgan fingerprint density at radius 1 is 0.759 bits per heavy atom. The molecule has 2 aromatic carbocycles. The molecule has 0 unspecified atom stereocenters. The molecule has 0 aliphatic carbocycles. The Morgan fingerprint density at radius 3 is 2.10 bits per heavy atom. The van der Waals surface area contributed by atoms with E-state index < -0.39 is 0 Å². The van der Waals surface area contributed by atoms with Crippen molar-refractivity contribution in [2.45, 2.75) is 13.8 Å². The summed E-state index contributed by atoms with van der Waals surface area (Å²) in [5.41, 5.74) is 3.45. The number of rotatable bonds is 6. The van der Waals surface area contributed by atoms with E-state index in [9.17, 15) is 14.4 Å². The molecule has 3 aromatic rings. The Kier molecular flexibility index (Phi) is 5.99. The number of anilines is 4. The van der Waals surface area contributed by atoms with Crippen molar-refractivity contribution in [2.75, 3.05) is 16.0 Å². The number of aromatic nitrogens is 1. The van der Waals surface area contributed by atoms with Gasteiger partial charge in [-0.2, -0.15) is 0 Å². The minimum Gasteiger partial charge on any atom is -0.354 e. The maximum Gasteiger partial charge on any atom is 0.274 e. The molecule has 0 saturated carbocycles. The average molecular weight is 388 g/mol. The highest BCUT2D eigenvalue weighted by molar-refractivity contribution is 6.04. The number of hydrogen-bond donors (Lipinski definition) is 3. The van der Waals surface area contributed by atoms with Crippen LogP contribution >= 0.6 is 0 Å². The Morgan fingerprint density at radius 2 is 1.45 bits per heavy atom. The minimum absolute atomic E-state index is 0.0720. The molecule has 0 bridgehead atoms. The lowest BCUT2D eigenvalue weighted by atomic mass is 10.1. The van der Waals surface area contributed by atoms with Crippen molar-refractivity contribution in [3.05, 3.63) is 78.1 Å². The summed E-state index contributed by atoms with van der Waals surface area (Å²) in [6.07, 6.45) is 1.55. The van der Waals surface area contributed by atoms with Gasteiger partial charge < -0.3 is 16.0 Å². The molecular weight excluding hydrogens is 368 g/mol. The van der Waals surface area contributed by atoms with Crippen molar-refractivity contribution in [3.8, 4) is 0 Å². The van der Waals surface area contributed by atoms with E-state index in [0.717, 1.165) is 5.69 Å². The first-order valence-electron chi connectivity index (χ1n) is 8.94. The number of ketones is 1. The van der Waals surface area contributed by atoms with Gasteiger partial charge in [0.1, 0.15) is 5.69 Å². The molecule has 7 heteroatoms. The number of carbonyl (C=O) groups is 3. The third kappa shape index (κ3) is 5.49. The lowest BCUT2D eigenvalue weighted by Crippen LogP contribution is -2.14. The third-order valence-electron chi connectivity index (χ3n) is 3.99. The van der Waals surface area contributed by atoms with Crippen LogP contribution in [0, 0.1) is 0 Å². The number of nitrogens with one attached hydrogen (secondary N) is 3. The van der Waals surface area contributed by atoms with E-state index in [1.165, 1.54) is 13.8 Å². The summed E-state index contributed by atoms with van der Waals surface area (Å²) in [5.74, 6) is -0.588. The molecule has 0 atom stereocenters. The Labute approximate surface area is 168 Å². The van der Waals surface area contributed by atoms with Crippen LogP contribution in [-0.2, 0) is 4.79 Å². The average Bonchev–Trinajstić information content (AvgIpc) is 2.68. The fourth-order valence-corrected chi connectivity index (χ4v) is 2.66. The second-order valence-electron chi connectivity index (χ2n) is 6.41. The van der Waals surface area contributed by atoms with Gasteiger partial charge in [0.05, 0.1) is 11.9 Å². The monoisotopic (exact) mass is 388 g/mol. The van der Waals surface area contributed by atoms with Gasteiger partial charge in [-0.15, -0.1) is 0 Å². The lowest BCUT2D eigenvalue weighted by Gasteiger charge is -2.10. The van der Waals surface area contributed by atoms with Crippen LogP contribution in [0.4, 0.5) is 22.7 Å². The van der Waals surface area contributed by atoms with Gasteiger partial charge in [-0.1, -0.05) is 18.2 Å². The van der Waals surface area contributed by atoms with E-state index in [1.54, 1.807) is 54.7 Å². The van der Waals surface area contributed by atoms with Gasteiger partial charge >= 0.3 is 0 Å². The van der Waals surface area contributed by atoms with Crippen LogP contribution in [0.5, 0.6) is 0 Å². The van der Waals surface area contributed by atoms with Crippen molar-refractivity contribution >= 4 is 40.3 Å². The Bertz CT molecular complexity index is 1060. The molecular formula is C22H20N4O3. The molecule has 0 aliphatic heterocycles. The molecule has 0 fully saturated rings. The third-order valence-corrected chi connectivity index (χ3v) is 3.99. The lowest BCUT2D eigenvalue weighted by molar-refractivity contribution is -0.114. The van der Waals surface area contributed by atoms with Crippen molar-refractivity contribution in [1.82, 2.24) is 4.98 Å². The molecule has 0 spiro atoms. The first-order valence-corrected chi connectivity index (χ1v) is 8.94. The summed E-state index contributed by atoms with van der Waals surface area (Å²) >= 11 is 0. The molecule has 0 aliphatic rings. The largest absolute Gasteiger partial charge is 0.354 e. The predicted octanol–water partition coefficient (Wildman–Crippen LogP) is 4.24. The van der Waals surface area contributed by atoms with Crippen molar-refractivity contribution in [1.29, 1.82) is 0 Å². The van der Waals surface area contributed by atoms with Crippen LogP contribution in [0.3, 0.4) is 0 Å². The quantitative estimate of drug-likeness (QED) is 0.549. The standard InChI is InChI=1S/C22H20N4O3/c1-14(27)16-5-3-6-17(11-16)26-22(29)21-10-9-20(13-23-21)25-19-8-4-7-18(12-19)24-15(2)28/h3-13,25H,1-2H3,(H,24,28)(H,26,29). The molecule has 7 nitrogen and oxygen atoms in total. The molecule has 1 heterocycles. The molecule has 0 saturated heterocycles. The SMILES string of the molecule is CC(=O)Nc1cccc(Nc2ccc(C(=O)Nc3cccc(C(C)=O)c3)nc2)c1. The summed E-state index contributed by atoms with van der Waals surface area (Å²) in [6, 6.07) is 17.3. The summed E-state index contributed by atoms with van der Waals surface area (Å²) in [4.78, 5) is 39.2. The van der Waals surface area contributed by atoms with Crippen LogP contribution < -0.4 is 16.0 Å². The first-order chi connectivity index (χ1) is 13.9. The van der Waals surface area contributed by atoms with Crippen LogP contribution in [0.25, 0.3) is 0 Å². The second-order valence-corrected chi connectivity index (χ2v) is 6.41. The van der Waals surface area contributed by atoms with E-state index in [-0.39, 0.29) is 23.3 Å². The predicted molar refractivity (Wildman–Crippen MR) is 113 cm³/mol. The van der Waals surface area contributed by atoms with Gasteiger partial charge in [0.2, 0.25) is 5.91 Å². The summed E-state index contributed by atoms with van der Waals surface area (Å²) in [5, 5.41) is 8.62. The zero-order valence-electron chi connectivity index (χ0n) is 16.0. The number of carbonyl (C=O) groups excluding carboxylic acids is 3. The van der Waals surface area contributed by atoms with Crippen LogP contribution in [0.15, 0.2) is 66.9 Å². The minimum atomic E-state index is -0.370. The number of hydrogen-bond acceptors (Lipinski definition) is 5. The molecule has 146 valence electrons. The summed E-state index contributed by atoms with van der Waals surface area (Å²) in [7, 11) is 0. The number of amides is 2. The highest BCUT2D eigenvalue weighted by Crippen LogP contribution is 2.20. The fraction of sp³-hybridized carbons (Fsp3) is 0.0909. The maximum absolute atomic E-state index is 12.4. The highest BCUT2D eigenvalue weighted by Gasteiger charge is 2.09. The van der Waals surface area contributed by atoms with Crippen LogP contribution in [0.2, 0.25) is 0 Å². The van der Waals surface area contributed by atoms with Gasteiger partial charge in [0.15, 0.2) is 5.78 Å². The van der Waals surface area contributed by atoms with Gasteiger partial charge in [-0.05, 0) is 49.4 Å². The summed E-state index contributed by atoms with van der Waals surface area (Å²) < 4.78 is 0. The van der Waals surface area contributed by atoms with Gasteiger partial charge in [-0.3, -0.25) is 14.4 Å². The Hall–Kier alpha value is -4.00. The Balaban J connectivity index is 1.67. The van der Waals surface area contributed by atoms with Crippen molar-refractivity contribution in [3.63, 3.8) is 0 Å².